The molecule has 1 amide bonds. The van der Waals surface area contributed by atoms with Crippen molar-refractivity contribution >= 4 is 11.7 Å². The molecule has 0 spiro atoms. The number of carbonyl (C=O) groups excluding carboxylic acids is 1. The Morgan fingerprint density at radius 2 is 2.00 bits per heavy atom. The smallest absolute Gasteiger partial charge is 0.410 e. The fraction of sp³-hybridized carbons (Fsp3) is 0.348. The number of rotatable bonds is 4. The fourth-order valence-electron chi connectivity index (χ4n) is 4.24. The van der Waals surface area contributed by atoms with Crippen LogP contribution in [-0.4, -0.2) is 30.2 Å². The topological polar surface area (TPSA) is 38.8 Å². The summed E-state index contributed by atoms with van der Waals surface area (Å²) < 4.78 is 24.8. The number of nitrogens with zero attached hydrogens (tertiary/aromatic N) is 1. The summed E-state index contributed by atoms with van der Waals surface area (Å²) in [5.74, 6) is 0.373. The molecule has 146 valence electrons. The third kappa shape index (κ3) is 3.75. The van der Waals surface area contributed by atoms with E-state index in [9.17, 15) is 9.18 Å². The number of fused-ring (bicyclic) bond motifs is 2. The second-order valence-electron chi connectivity index (χ2n) is 7.34. The van der Waals surface area contributed by atoms with Crippen LogP contribution in [0.2, 0.25) is 0 Å². The molecule has 2 atom stereocenters. The average Bonchev–Trinajstić information content (AvgIpc) is 2.71. The number of piperidine rings is 1. The molecule has 5 heteroatoms. The quantitative estimate of drug-likeness (QED) is 0.732. The standard InChI is InChI=1S/C23H24FNO3/c1-27-22-11-10-18(24)14-21(22)17-12-19-8-5-9-20(13-17)25(19)23(26)28-15-16-6-3-2-4-7-16/h2-4,6-7,10-12,14,19-20H,5,8-9,13,15H2,1H3. The van der Waals surface area contributed by atoms with E-state index in [-0.39, 0.29) is 30.6 Å². The van der Waals surface area contributed by atoms with Gasteiger partial charge >= 0.3 is 6.09 Å². The van der Waals surface area contributed by atoms with Crippen LogP contribution in [-0.2, 0) is 11.3 Å². The summed E-state index contributed by atoms with van der Waals surface area (Å²) in [6.07, 6.45) is 5.36. The zero-order valence-corrected chi connectivity index (χ0v) is 15.9. The first kappa shape index (κ1) is 18.5. The Kier molecular flexibility index (Phi) is 5.33. The van der Waals surface area contributed by atoms with E-state index in [1.165, 1.54) is 12.1 Å². The van der Waals surface area contributed by atoms with Gasteiger partial charge in [-0.25, -0.2) is 9.18 Å². The highest BCUT2D eigenvalue weighted by atomic mass is 19.1. The Bertz CT molecular complexity index is 881. The molecule has 1 fully saturated rings. The van der Waals surface area contributed by atoms with Crippen LogP contribution in [0.25, 0.3) is 5.57 Å². The van der Waals surface area contributed by atoms with E-state index in [0.717, 1.165) is 36.0 Å². The van der Waals surface area contributed by atoms with Crippen LogP contribution >= 0.6 is 0 Å². The van der Waals surface area contributed by atoms with E-state index in [4.69, 9.17) is 9.47 Å². The molecule has 2 unspecified atom stereocenters. The molecule has 4 rings (SSSR count). The first-order chi connectivity index (χ1) is 13.7. The van der Waals surface area contributed by atoms with Gasteiger partial charge in [-0.2, -0.15) is 0 Å². The van der Waals surface area contributed by atoms with Gasteiger partial charge in [-0.05, 0) is 55.0 Å². The molecule has 2 heterocycles. The second kappa shape index (κ2) is 8.05. The normalized spacial score (nSPS) is 21.1. The van der Waals surface area contributed by atoms with Crippen molar-refractivity contribution < 1.29 is 18.7 Å². The molecule has 2 aliphatic rings. The second-order valence-corrected chi connectivity index (χ2v) is 7.34. The van der Waals surface area contributed by atoms with Crippen LogP contribution in [0, 0.1) is 5.82 Å². The van der Waals surface area contributed by atoms with Gasteiger partial charge in [0.05, 0.1) is 13.2 Å². The molecule has 2 aromatic rings. The molecule has 0 N–H and O–H groups in total. The van der Waals surface area contributed by atoms with Crippen molar-refractivity contribution in [2.45, 2.75) is 44.4 Å². The zero-order valence-electron chi connectivity index (χ0n) is 15.9. The highest BCUT2D eigenvalue weighted by Gasteiger charge is 2.38. The molecule has 0 saturated carbocycles. The van der Waals surface area contributed by atoms with Crippen molar-refractivity contribution in [3.63, 3.8) is 0 Å². The summed E-state index contributed by atoms with van der Waals surface area (Å²) in [5, 5.41) is 0. The number of halogens is 1. The van der Waals surface area contributed by atoms with Crippen LogP contribution in [0.3, 0.4) is 0 Å². The minimum absolute atomic E-state index is 0.0289. The van der Waals surface area contributed by atoms with Crippen molar-refractivity contribution in [1.82, 2.24) is 4.90 Å². The van der Waals surface area contributed by atoms with Crippen LogP contribution in [0.15, 0.2) is 54.6 Å². The van der Waals surface area contributed by atoms with E-state index >= 15 is 0 Å². The Morgan fingerprint density at radius 1 is 1.18 bits per heavy atom. The fourth-order valence-corrected chi connectivity index (χ4v) is 4.24. The molecule has 0 aromatic heterocycles. The Morgan fingerprint density at radius 3 is 2.75 bits per heavy atom. The maximum atomic E-state index is 13.8. The zero-order chi connectivity index (χ0) is 19.5. The van der Waals surface area contributed by atoms with E-state index < -0.39 is 0 Å². The minimum Gasteiger partial charge on any atom is -0.496 e. The highest BCUT2D eigenvalue weighted by Crippen LogP contribution is 2.40. The first-order valence-corrected chi connectivity index (χ1v) is 9.69. The largest absolute Gasteiger partial charge is 0.496 e. The van der Waals surface area contributed by atoms with Crippen molar-refractivity contribution in [3.8, 4) is 5.75 Å². The molecule has 2 aromatic carbocycles. The average molecular weight is 381 g/mol. The maximum Gasteiger partial charge on any atom is 0.410 e. The Balaban J connectivity index is 1.54. The number of benzene rings is 2. The van der Waals surface area contributed by atoms with Crippen LogP contribution in [0.5, 0.6) is 5.75 Å². The molecule has 0 radical (unpaired) electrons. The maximum absolute atomic E-state index is 13.8. The predicted octanol–water partition coefficient (Wildman–Crippen LogP) is 5.18. The van der Waals surface area contributed by atoms with Crippen molar-refractivity contribution in [1.29, 1.82) is 0 Å². The van der Waals surface area contributed by atoms with E-state index in [1.807, 2.05) is 35.2 Å². The van der Waals surface area contributed by atoms with Gasteiger partial charge in [-0.1, -0.05) is 36.4 Å². The lowest BCUT2D eigenvalue weighted by Crippen LogP contribution is -2.51. The molecule has 1 saturated heterocycles. The van der Waals surface area contributed by atoms with Gasteiger partial charge in [0.15, 0.2) is 0 Å². The molecule has 0 aliphatic carbocycles. The molecule has 2 aliphatic heterocycles. The van der Waals surface area contributed by atoms with Gasteiger partial charge in [-0.15, -0.1) is 0 Å². The van der Waals surface area contributed by atoms with Gasteiger partial charge in [0.25, 0.3) is 0 Å². The number of amides is 1. The van der Waals surface area contributed by atoms with Crippen LogP contribution in [0.1, 0.15) is 36.8 Å². The summed E-state index contributed by atoms with van der Waals surface area (Å²) >= 11 is 0. The minimum atomic E-state index is -0.286. The van der Waals surface area contributed by atoms with Crippen molar-refractivity contribution in [3.05, 3.63) is 71.6 Å². The molecule has 2 bridgehead atoms. The lowest BCUT2D eigenvalue weighted by Gasteiger charge is -2.44. The molecular weight excluding hydrogens is 357 g/mol. The van der Waals surface area contributed by atoms with Gasteiger partial charge < -0.3 is 9.47 Å². The lowest BCUT2D eigenvalue weighted by atomic mass is 9.83. The molecule has 4 nitrogen and oxygen atoms in total. The number of carbonyl (C=O) groups is 1. The molecule has 28 heavy (non-hydrogen) atoms. The monoisotopic (exact) mass is 381 g/mol. The number of ether oxygens (including phenoxy) is 2. The third-order valence-corrected chi connectivity index (χ3v) is 5.56. The summed E-state index contributed by atoms with van der Waals surface area (Å²) in [6, 6.07) is 14.3. The van der Waals surface area contributed by atoms with E-state index in [0.29, 0.717) is 12.2 Å². The van der Waals surface area contributed by atoms with Crippen molar-refractivity contribution in [2.75, 3.05) is 7.11 Å². The number of methoxy groups -OCH3 is 1. The SMILES string of the molecule is COc1ccc(F)cc1C1=CC2CCCC(C1)N2C(=O)OCc1ccccc1. The Hall–Kier alpha value is -2.82. The van der Waals surface area contributed by atoms with Gasteiger partial charge in [0.2, 0.25) is 0 Å². The number of hydrogen-bond donors (Lipinski definition) is 0. The van der Waals surface area contributed by atoms with Crippen LogP contribution in [0.4, 0.5) is 9.18 Å². The summed E-state index contributed by atoms with van der Waals surface area (Å²) in [7, 11) is 1.59. The van der Waals surface area contributed by atoms with Gasteiger partial charge in [0, 0.05) is 11.6 Å². The molecular formula is C23H24FNO3. The lowest BCUT2D eigenvalue weighted by molar-refractivity contribution is 0.0510. The summed E-state index contributed by atoms with van der Waals surface area (Å²) in [6.45, 7) is 0.268. The summed E-state index contributed by atoms with van der Waals surface area (Å²) in [4.78, 5) is 14.7. The summed E-state index contributed by atoms with van der Waals surface area (Å²) in [5.41, 5.74) is 2.79. The predicted molar refractivity (Wildman–Crippen MR) is 105 cm³/mol. The third-order valence-electron chi connectivity index (χ3n) is 5.56. The van der Waals surface area contributed by atoms with Gasteiger partial charge in [-0.3, -0.25) is 4.90 Å². The number of hydrogen-bond acceptors (Lipinski definition) is 3. The highest BCUT2D eigenvalue weighted by molar-refractivity contribution is 5.76. The Labute approximate surface area is 164 Å². The van der Waals surface area contributed by atoms with E-state index in [2.05, 4.69) is 6.08 Å². The van der Waals surface area contributed by atoms with E-state index in [1.54, 1.807) is 13.2 Å². The van der Waals surface area contributed by atoms with Gasteiger partial charge in [0.1, 0.15) is 18.2 Å². The van der Waals surface area contributed by atoms with Crippen LogP contribution < -0.4 is 4.74 Å². The van der Waals surface area contributed by atoms with Crippen molar-refractivity contribution in [2.24, 2.45) is 0 Å². The first-order valence-electron chi connectivity index (χ1n) is 9.69.